The van der Waals surface area contributed by atoms with Gasteiger partial charge in [-0.05, 0) is 30.7 Å². The van der Waals surface area contributed by atoms with Crippen molar-refractivity contribution >= 4 is 23.2 Å². The average molecular weight is 302 g/mol. The quantitative estimate of drug-likeness (QED) is 0.450. The summed E-state index contributed by atoms with van der Waals surface area (Å²) in [7, 11) is 0. The summed E-state index contributed by atoms with van der Waals surface area (Å²) in [4.78, 5) is 25.9. The van der Waals surface area contributed by atoms with E-state index in [9.17, 15) is 9.59 Å². The van der Waals surface area contributed by atoms with Crippen molar-refractivity contribution in [2.45, 2.75) is 58.3 Å². The molecule has 1 heterocycles. The van der Waals surface area contributed by atoms with Gasteiger partial charge in [0, 0.05) is 18.0 Å². The first-order valence-corrected chi connectivity index (χ1v) is 8.35. The number of hydrogen-bond acceptors (Lipinski definition) is 3. The largest absolute Gasteiger partial charge is 0.399 e. The highest BCUT2D eigenvalue weighted by Crippen LogP contribution is 2.30. The van der Waals surface area contributed by atoms with E-state index in [4.69, 9.17) is 5.73 Å². The number of benzene rings is 1. The molecule has 1 unspecified atom stereocenters. The van der Waals surface area contributed by atoms with E-state index in [1.54, 1.807) is 24.3 Å². The molecule has 2 amide bonds. The molecular formula is C18H26N2O2. The molecule has 1 aliphatic rings. The molecule has 2 N–H and O–H groups in total. The van der Waals surface area contributed by atoms with Crippen LogP contribution in [0.2, 0.25) is 0 Å². The molecule has 0 bridgehead atoms. The molecule has 0 aromatic heterocycles. The van der Waals surface area contributed by atoms with Crippen LogP contribution in [0.15, 0.2) is 24.3 Å². The van der Waals surface area contributed by atoms with E-state index in [0.717, 1.165) is 19.3 Å². The first-order chi connectivity index (χ1) is 10.6. The Hall–Kier alpha value is -1.84. The highest BCUT2D eigenvalue weighted by atomic mass is 16.2. The Balaban J connectivity index is 1.85. The van der Waals surface area contributed by atoms with Crippen LogP contribution in [-0.2, 0) is 9.59 Å². The van der Waals surface area contributed by atoms with Crippen LogP contribution in [0, 0.1) is 5.92 Å². The fourth-order valence-electron chi connectivity index (χ4n) is 2.99. The standard InChI is InChI=1S/C18H26N2O2/c1-2-3-4-5-6-7-8-14-13-17(21)20(18(14)22)16-11-9-15(19)10-12-16/h9-12,14H,2-8,13,19H2,1H3. The molecule has 1 aromatic carbocycles. The van der Waals surface area contributed by atoms with Gasteiger partial charge in [-0.2, -0.15) is 0 Å². The van der Waals surface area contributed by atoms with Gasteiger partial charge in [-0.15, -0.1) is 0 Å². The average Bonchev–Trinajstić information content (AvgIpc) is 2.78. The Labute approximate surface area is 132 Å². The molecule has 0 saturated carbocycles. The topological polar surface area (TPSA) is 63.4 Å². The van der Waals surface area contributed by atoms with Crippen molar-refractivity contribution in [3.05, 3.63) is 24.3 Å². The maximum Gasteiger partial charge on any atom is 0.237 e. The summed E-state index contributed by atoms with van der Waals surface area (Å²) < 4.78 is 0. The smallest absolute Gasteiger partial charge is 0.237 e. The van der Waals surface area contributed by atoms with E-state index in [1.165, 1.54) is 30.6 Å². The van der Waals surface area contributed by atoms with Crippen molar-refractivity contribution in [3.63, 3.8) is 0 Å². The molecule has 120 valence electrons. The number of unbranched alkanes of at least 4 members (excludes halogenated alkanes) is 5. The minimum atomic E-state index is -0.142. The predicted molar refractivity (Wildman–Crippen MR) is 89.4 cm³/mol. The van der Waals surface area contributed by atoms with Crippen LogP contribution in [0.25, 0.3) is 0 Å². The number of imide groups is 1. The monoisotopic (exact) mass is 302 g/mol. The number of carbonyl (C=O) groups is 2. The first-order valence-electron chi connectivity index (χ1n) is 8.35. The zero-order valence-corrected chi connectivity index (χ0v) is 13.4. The molecule has 1 fully saturated rings. The van der Waals surface area contributed by atoms with Gasteiger partial charge in [0.15, 0.2) is 0 Å². The maximum atomic E-state index is 12.4. The second-order valence-corrected chi connectivity index (χ2v) is 6.12. The van der Waals surface area contributed by atoms with Gasteiger partial charge in [0.2, 0.25) is 11.8 Å². The summed E-state index contributed by atoms with van der Waals surface area (Å²) in [5.74, 6) is -0.287. The molecule has 4 nitrogen and oxygen atoms in total. The molecule has 1 aliphatic heterocycles. The molecule has 2 rings (SSSR count). The van der Waals surface area contributed by atoms with Crippen molar-refractivity contribution < 1.29 is 9.59 Å². The molecule has 0 aliphatic carbocycles. The Morgan fingerprint density at radius 1 is 1.05 bits per heavy atom. The molecule has 0 spiro atoms. The van der Waals surface area contributed by atoms with Gasteiger partial charge in [0.05, 0.1) is 5.69 Å². The summed E-state index contributed by atoms with van der Waals surface area (Å²) in [5, 5.41) is 0. The van der Waals surface area contributed by atoms with Gasteiger partial charge in [0.1, 0.15) is 0 Å². The van der Waals surface area contributed by atoms with Gasteiger partial charge in [-0.3, -0.25) is 14.5 Å². The normalized spacial score (nSPS) is 18.2. The minimum absolute atomic E-state index is 0.0525. The molecule has 1 atom stereocenters. The fourth-order valence-corrected chi connectivity index (χ4v) is 2.99. The summed E-state index contributed by atoms with van der Waals surface area (Å²) in [6.45, 7) is 2.20. The zero-order chi connectivity index (χ0) is 15.9. The number of hydrogen-bond donors (Lipinski definition) is 1. The highest BCUT2D eigenvalue weighted by Gasteiger charge is 2.38. The van der Waals surface area contributed by atoms with E-state index in [-0.39, 0.29) is 17.7 Å². The lowest BCUT2D eigenvalue weighted by Crippen LogP contribution is -2.30. The SMILES string of the molecule is CCCCCCCCC1CC(=O)N(c2ccc(N)cc2)C1=O. The van der Waals surface area contributed by atoms with E-state index >= 15 is 0 Å². The first kappa shape index (κ1) is 16.5. The van der Waals surface area contributed by atoms with E-state index in [1.807, 2.05) is 0 Å². The van der Waals surface area contributed by atoms with Crippen molar-refractivity contribution in [1.29, 1.82) is 0 Å². The summed E-state index contributed by atoms with van der Waals surface area (Å²) in [6.07, 6.45) is 8.37. The lowest BCUT2D eigenvalue weighted by molar-refractivity contribution is -0.122. The Morgan fingerprint density at radius 3 is 2.36 bits per heavy atom. The molecule has 0 radical (unpaired) electrons. The number of rotatable bonds is 8. The fraction of sp³-hybridized carbons (Fsp3) is 0.556. The van der Waals surface area contributed by atoms with Gasteiger partial charge >= 0.3 is 0 Å². The third-order valence-corrected chi connectivity index (χ3v) is 4.30. The highest BCUT2D eigenvalue weighted by molar-refractivity contribution is 6.20. The van der Waals surface area contributed by atoms with Crippen LogP contribution < -0.4 is 10.6 Å². The Kier molecular flexibility index (Phi) is 5.99. The second kappa shape index (κ2) is 7.97. The summed E-state index contributed by atoms with van der Waals surface area (Å²) in [5.41, 5.74) is 6.91. The third kappa shape index (κ3) is 4.09. The molecule has 22 heavy (non-hydrogen) atoms. The van der Waals surface area contributed by atoms with Gasteiger partial charge in [-0.25, -0.2) is 0 Å². The van der Waals surface area contributed by atoms with Gasteiger partial charge in [-0.1, -0.05) is 45.4 Å². The molecule has 1 aromatic rings. The van der Waals surface area contributed by atoms with Crippen molar-refractivity contribution in [1.82, 2.24) is 0 Å². The van der Waals surface area contributed by atoms with E-state index < -0.39 is 0 Å². The zero-order valence-electron chi connectivity index (χ0n) is 13.4. The maximum absolute atomic E-state index is 12.4. The molecule has 4 heteroatoms. The number of nitrogens with two attached hydrogens (primary N) is 1. The van der Waals surface area contributed by atoms with Crippen LogP contribution in [0.5, 0.6) is 0 Å². The van der Waals surface area contributed by atoms with Crippen LogP contribution in [0.1, 0.15) is 58.3 Å². The van der Waals surface area contributed by atoms with Crippen LogP contribution in [0.3, 0.4) is 0 Å². The van der Waals surface area contributed by atoms with Crippen molar-refractivity contribution in [2.75, 3.05) is 10.6 Å². The van der Waals surface area contributed by atoms with E-state index in [0.29, 0.717) is 17.8 Å². The third-order valence-electron chi connectivity index (χ3n) is 4.30. The van der Waals surface area contributed by atoms with Crippen LogP contribution in [0.4, 0.5) is 11.4 Å². The second-order valence-electron chi connectivity index (χ2n) is 6.12. The number of nitrogen functional groups attached to an aromatic ring is 1. The number of nitrogens with zero attached hydrogens (tertiary/aromatic N) is 1. The number of anilines is 2. The lowest BCUT2D eigenvalue weighted by Gasteiger charge is -2.15. The van der Waals surface area contributed by atoms with Crippen LogP contribution >= 0.6 is 0 Å². The van der Waals surface area contributed by atoms with Gasteiger partial charge in [0.25, 0.3) is 0 Å². The summed E-state index contributed by atoms with van der Waals surface area (Å²) >= 11 is 0. The minimum Gasteiger partial charge on any atom is -0.399 e. The Bertz CT molecular complexity index is 510. The number of amides is 2. The number of carbonyl (C=O) groups excluding carboxylic acids is 2. The molecular weight excluding hydrogens is 276 g/mol. The lowest BCUT2D eigenvalue weighted by atomic mass is 9.99. The van der Waals surface area contributed by atoms with Crippen LogP contribution in [-0.4, -0.2) is 11.8 Å². The summed E-state index contributed by atoms with van der Waals surface area (Å²) in [6, 6.07) is 6.91. The Morgan fingerprint density at radius 2 is 1.68 bits per heavy atom. The van der Waals surface area contributed by atoms with Crippen molar-refractivity contribution in [2.24, 2.45) is 5.92 Å². The predicted octanol–water partition coefficient (Wildman–Crippen LogP) is 3.90. The van der Waals surface area contributed by atoms with E-state index in [2.05, 4.69) is 6.92 Å². The molecule has 1 saturated heterocycles. The van der Waals surface area contributed by atoms with Gasteiger partial charge < -0.3 is 5.73 Å². The van der Waals surface area contributed by atoms with Crippen molar-refractivity contribution in [3.8, 4) is 0 Å².